The smallest absolute Gasteiger partial charge is 0.0852 e. The molecule has 1 aromatic rings. The second kappa shape index (κ2) is 4.40. The summed E-state index contributed by atoms with van der Waals surface area (Å²) >= 11 is 0. The molecule has 0 aliphatic heterocycles. The van der Waals surface area contributed by atoms with Crippen LogP contribution < -0.4 is 5.32 Å². The molecule has 0 amide bonds. The maximum Gasteiger partial charge on any atom is 0.0852 e. The minimum atomic E-state index is -0.234. The van der Waals surface area contributed by atoms with Crippen molar-refractivity contribution < 1.29 is 0 Å². The molecule has 2 nitrogen and oxygen atoms in total. The molecule has 18 heavy (non-hydrogen) atoms. The molecule has 0 saturated heterocycles. The van der Waals surface area contributed by atoms with Gasteiger partial charge in [-0.3, -0.25) is 0 Å². The van der Waals surface area contributed by atoms with Crippen molar-refractivity contribution in [3.05, 3.63) is 35.9 Å². The zero-order valence-electron chi connectivity index (χ0n) is 10.9. The summed E-state index contributed by atoms with van der Waals surface area (Å²) in [6.45, 7) is 2.28. The van der Waals surface area contributed by atoms with E-state index in [4.69, 9.17) is 0 Å². The van der Waals surface area contributed by atoms with Crippen LogP contribution in [0.1, 0.15) is 38.2 Å². The molecular weight excluding hydrogens is 220 g/mol. The van der Waals surface area contributed by atoms with Crippen LogP contribution in [0.3, 0.4) is 0 Å². The molecule has 1 aromatic carbocycles. The predicted molar refractivity (Wildman–Crippen MR) is 72.1 cm³/mol. The number of benzene rings is 1. The van der Waals surface area contributed by atoms with Crippen molar-refractivity contribution in [2.75, 3.05) is 0 Å². The summed E-state index contributed by atoms with van der Waals surface area (Å²) < 4.78 is 0. The molecule has 1 atom stereocenters. The van der Waals surface area contributed by atoms with E-state index in [1.165, 1.54) is 18.4 Å². The van der Waals surface area contributed by atoms with Crippen LogP contribution in [0.5, 0.6) is 0 Å². The Balaban J connectivity index is 1.63. The van der Waals surface area contributed by atoms with E-state index in [9.17, 15) is 5.26 Å². The number of nitriles is 1. The van der Waals surface area contributed by atoms with E-state index in [0.717, 1.165) is 18.8 Å². The first-order chi connectivity index (χ1) is 8.73. The van der Waals surface area contributed by atoms with Crippen LogP contribution in [0.15, 0.2) is 30.3 Å². The number of nitrogens with zero attached hydrogens (tertiary/aromatic N) is 1. The van der Waals surface area contributed by atoms with Gasteiger partial charge in [0.2, 0.25) is 0 Å². The summed E-state index contributed by atoms with van der Waals surface area (Å²) in [5.41, 5.74) is 0.951. The third-order valence-electron chi connectivity index (χ3n) is 4.56. The molecular formula is C16H20N2. The van der Waals surface area contributed by atoms with Crippen LogP contribution in [0, 0.1) is 17.2 Å². The predicted octanol–water partition coefficient (Wildman–Crippen LogP) is 3.00. The van der Waals surface area contributed by atoms with Gasteiger partial charge >= 0.3 is 0 Å². The summed E-state index contributed by atoms with van der Waals surface area (Å²) in [4.78, 5) is 0. The van der Waals surface area contributed by atoms with Gasteiger partial charge in [-0.25, -0.2) is 0 Å². The summed E-state index contributed by atoms with van der Waals surface area (Å²) in [6, 6.07) is 13.9. The van der Waals surface area contributed by atoms with Crippen molar-refractivity contribution in [1.29, 1.82) is 5.26 Å². The second-order valence-electron chi connectivity index (χ2n) is 5.96. The Morgan fingerprint density at radius 2 is 1.94 bits per heavy atom. The summed E-state index contributed by atoms with van der Waals surface area (Å²) in [7, 11) is 0. The molecule has 94 valence electrons. The average molecular weight is 240 g/mol. The Labute approximate surface area is 109 Å². The standard InChI is InChI=1S/C16H20N2/c1-12(13-7-8-13)18-15-9-16(10-15,11-17)14-5-3-2-4-6-14/h2-6,12-13,15,18H,7-10H2,1H3. The van der Waals surface area contributed by atoms with Gasteiger partial charge in [-0.15, -0.1) is 0 Å². The fourth-order valence-corrected chi connectivity index (χ4v) is 3.15. The number of hydrogen-bond donors (Lipinski definition) is 1. The van der Waals surface area contributed by atoms with Gasteiger partial charge in [0, 0.05) is 12.1 Å². The minimum absolute atomic E-state index is 0.234. The van der Waals surface area contributed by atoms with Crippen LogP contribution in [0.4, 0.5) is 0 Å². The summed E-state index contributed by atoms with van der Waals surface area (Å²) in [5, 5.41) is 13.2. The highest BCUT2D eigenvalue weighted by molar-refractivity contribution is 5.36. The van der Waals surface area contributed by atoms with Crippen molar-refractivity contribution in [2.24, 2.45) is 5.92 Å². The van der Waals surface area contributed by atoms with Gasteiger partial charge in [0.15, 0.2) is 0 Å². The van der Waals surface area contributed by atoms with Gasteiger partial charge in [-0.1, -0.05) is 30.3 Å². The lowest BCUT2D eigenvalue weighted by molar-refractivity contribution is 0.206. The molecule has 0 bridgehead atoms. The van der Waals surface area contributed by atoms with Crippen molar-refractivity contribution in [3.63, 3.8) is 0 Å². The Morgan fingerprint density at radius 1 is 1.28 bits per heavy atom. The zero-order chi connectivity index (χ0) is 12.6. The lowest BCUT2D eigenvalue weighted by atomic mass is 9.62. The van der Waals surface area contributed by atoms with Gasteiger partial charge in [0.1, 0.15) is 0 Å². The van der Waals surface area contributed by atoms with Crippen LogP contribution in [0.25, 0.3) is 0 Å². The third kappa shape index (κ3) is 2.04. The van der Waals surface area contributed by atoms with Gasteiger partial charge in [0.25, 0.3) is 0 Å². The molecule has 2 fully saturated rings. The van der Waals surface area contributed by atoms with Crippen LogP contribution in [0.2, 0.25) is 0 Å². The Hall–Kier alpha value is -1.33. The number of nitrogens with one attached hydrogen (secondary N) is 1. The average Bonchev–Trinajstić information content (AvgIpc) is 3.18. The first-order valence-corrected chi connectivity index (χ1v) is 6.96. The quantitative estimate of drug-likeness (QED) is 0.878. The highest BCUT2D eigenvalue weighted by Gasteiger charge is 2.46. The van der Waals surface area contributed by atoms with Gasteiger partial charge in [-0.05, 0) is 44.1 Å². The second-order valence-corrected chi connectivity index (χ2v) is 5.96. The van der Waals surface area contributed by atoms with Crippen molar-refractivity contribution in [3.8, 4) is 6.07 Å². The third-order valence-corrected chi connectivity index (χ3v) is 4.56. The highest BCUT2D eigenvalue weighted by Crippen LogP contribution is 2.44. The molecule has 2 aliphatic rings. The van der Waals surface area contributed by atoms with Crippen LogP contribution >= 0.6 is 0 Å². The largest absolute Gasteiger partial charge is 0.311 e. The first-order valence-electron chi connectivity index (χ1n) is 6.96. The molecule has 2 aliphatic carbocycles. The molecule has 0 spiro atoms. The molecule has 1 unspecified atom stereocenters. The van der Waals surface area contributed by atoms with Gasteiger partial charge in [0.05, 0.1) is 11.5 Å². The van der Waals surface area contributed by atoms with Crippen molar-refractivity contribution in [1.82, 2.24) is 5.32 Å². The maximum atomic E-state index is 9.49. The Bertz CT molecular complexity index is 450. The van der Waals surface area contributed by atoms with Crippen LogP contribution in [-0.2, 0) is 5.41 Å². The summed E-state index contributed by atoms with van der Waals surface area (Å²) in [5.74, 6) is 0.888. The first kappa shape index (κ1) is 11.7. The van der Waals surface area contributed by atoms with Crippen molar-refractivity contribution >= 4 is 0 Å². The van der Waals surface area contributed by atoms with E-state index >= 15 is 0 Å². The van der Waals surface area contributed by atoms with E-state index in [1.807, 2.05) is 18.2 Å². The topological polar surface area (TPSA) is 35.8 Å². The zero-order valence-corrected chi connectivity index (χ0v) is 10.9. The molecule has 0 heterocycles. The van der Waals surface area contributed by atoms with E-state index in [1.54, 1.807) is 0 Å². The fraction of sp³-hybridized carbons (Fsp3) is 0.562. The van der Waals surface area contributed by atoms with E-state index in [-0.39, 0.29) is 5.41 Å². The Kier molecular flexibility index (Phi) is 2.87. The monoisotopic (exact) mass is 240 g/mol. The molecule has 3 rings (SSSR count). The minimum Gasteiger partial charge on any atom is -0.311 e. The molecule has 0 radical (unpaired) electrons. The van der Waals surface area contributed by atoms with E-state index < -0.39 is 0 Å². The normalized spacial score (nSPS) is 32.3. The van der Waals surface area contributed by atoms with E-state index in [2.05, 4.69) is 30.4 Å². The Morgan fingerprint density at radius 3 is 2.50 bits per heavy atom. The maximum absolute atomic E-state index is 9.49. The summed E-state index contributed by atoms with van der Waals surface area (Å²) in [6.07, 6.45) is 4.68. The fourth-order valence-electron chi connectivity index (χ4n) is 3.15. The molecule has 2 saturated carbocycles. The van der Waals surface area contributed by atoms with Gasteiger partial charge < -0.3 is 5.32 Å². The van der Waals surface area contributed by atoms with E-state index in [0.29, 0.717) is 12.1 Å². The lowest BCUT2D eigenvalue weighted by Gasteiger charge is -2.44. The molecule has 1 N–H and O–H groups in total. The molecule has 0 aromatic heterocycles. The van der Waals surface area contributed by atoms with Gasteiger partial charge in [-0.2, -0.15) is 5.26 Å². The number of hydrogen-bond acceptors (Lipinski definition) is 2. The lowest BCUT2D eigenvalue weighted by Crippen LogP contribution is -2.53. The van der Waals surface area contributed by atoms with Crippen LogP contribution in [-0.4, -0.2) is 12.1 Å². The number of rotatable bonds is 4. The SMILES string of the molecule is CC(NC1CC(C#N)(c2ccccc2)C1)C1CC1. The highest BCUT2D eigenvalue weighted by atomic mass is 15.0. The van der Waals surface area contributed by atoms with Crippen molar-refractivity contribution in [2.45, 2.75) is 50.1 Å². The molecule has 2 heteroatoms.